The molecule has 0 amide bonds. The van der Waals surface area contributed by atoms with Crippen LogP contribution in [0.5, 0.6) is 0 Å². The second kappa shape index (κ2) is 11.5. The molecule has 0 saturated heterocycles. The number of hydrogen-bond acceptors (Lipinski definition) is 3. The summed E-state index contributed by atoms with van der Waals surface area (Å²) in [6.45, 7) is 4.55. The summed E-state index contributed by atoms with van der Waals surface area (Å²) >= 11 is 1.68. The fraction of sp³-hybridized carbons (Fsp3) is 0.317. The van der Waals surface area contributed by atoms with Crippen molar-refractivity contribution in [2.75, 3.05) is 0 Å². The third kappa shape index (κ3) is 4.38. The Kier molecular flexibility index (Phi) is 7.40. The molecule has 0 saturated carbocycles. The predicted octanol–water partition coefficient (Wildman–Crippen LogP) is 4.45. The predicted molar refractivity (Wildman–Crippen MR) is 211 cm³/mol. The van der Waals surface area contributed by atoms with Gasteiger partial charge in [0, 0.05) is 21.4 Å². The van der Waals surface area contributed by atoms with Gasteiger partial charge in [-0.3, -0.25) is 0 Å². The van der Waals surface area contributed by atoms with Crippen molar-refractivity contribution in [1.29, 1.82) is 0 Å². The van der Waals surface area contributed by atoms with E-state index in [-0.39, 0.29) is 16.4 Å². The second-order valence-corrected chi connectivity index (χ2v) is 15.4. The minimum absolute atomic E-state index is 0.200. The van der Waals surface area contributed by atoms with E-state index in [1.54, 1.807) is 11.3 Å². The maximum Gasteiger partial charge on any atom is 0.145 e. The lowest BCUT2D eigenvalue weighted by molar-refractivity contribution is 0.409. The van der Waals surface area contributed by atoms with Crippen LogP contribution in [0.1, 0.15) is 102 Å². The molecule has 2 bridgehead atoms. The zero-order valence-electron chi connectivity index (χ0n) is 28.2. The average molecular weight is 640 g/mol. The van der Waals surface area contributed by atoms with Gasteiger partial charge in [0.25, 0.3) is 0 Å². The van der Waals surface area contributed by atoms with E-state index in [2.05, 4.69) is 56.3 Å². The Labute approximate surface area is 300 Å². The van der Waals surface area contributed by atoms with Crippen molar-refractivity contribution >= 4 is 98.2 Å². The molecule has 2 atom stereocenters. The van der Waals surface area contributed by atoms with Gasteiger partial charge in [-0.05, 0) is 108 Å². The lowest BCUT2D eigenvalue weighted by atomic mass is 9.53. The van der Waals surface area contributed by atoms with Gasteiger partial charge in [-0.25, -0.2) is 9.97 Å². The standard InChI is InChI=1S/C41H33B5N2S/c1-3-9-21-16-26-24-14-15-41(28(26)18-20(21)4-2,29-19-23-11-6-5-10-22(23)17-27(24)29)40-47-38(32-33(42)35(44)37(46)36(45)34(32)43)31-25-12-7-8-13-30(25)49-39(31)48-40/h7-8,12-13,16-19,24H,3-6,9-11,14-15H2,1-2H3. The van der Waals surface area contributed by atoms with Crippen LogP contribution in [-0.4, -0.2) is 49.2 Å². The van der Waals surface area contributed by atoms with E-state index >= 15 is 0 Å². The highest BCUT2D eigenvalue weighted by atomic mass is 32.1. The van der Waals surface area contributed by atoms with Crippen molar-refractivity contribution in [2.24, 2.45) is 0 Å². The molecule has 228 valence electrons. The first-order valence-electron chi connectivity index (χ1n) is 17.8. The fourth-order valence-corrected chi connectivity index (χ4v) is 10.4. The molecule has 0 N–H and O–H groups in total. The molecule has 49 heavy (non-hydrogen) atoms. The molecular weight excluding hydrogens is 607 g/mol. The maximum atomic E-state index is 6.81. The summed E-state index contributed by atoms with van der Waals surface area (Å²) in [5.41, 5.74) is 13.4. The van der Waals surface area contributed by atoms with E-state index < -0.39 is 5.41 Å². The third-order valence-electron chi connectivity index (χ3n) is 11.8. The van der Waals surface area contributed by atoms with Crippen molar-refractivity contribution < 1.29 is 0 Å². The Hall–Kier alpha value is -3.50. The Morgan fingerprint density at radius 3 is 2.18 bits per heavy atom. The van der Waals surface area contributed by atoms with Gasteiger partial charge in [-0.15, -0.1) is 27.7 Å². The number of benzene rings is 4. The first-order valence-corrected chi connectivity index (χ1v) is 18.6. The largest absolute Gasteiger partial charge is 0.231 e. The van der Waals surface area contributed by atoms with Crippen molar-refractivity contribution in [3.05, 3.63) is 98.9 Å². The molecular formula is C41H33B5N2S. The Bertz CT molecular complexity index is 2350. The summed E-state index contributed by atoms with van der Waals surface area (Å²) in [5, 5.41) is 1.96. The molecule has 8 heteroatoms. The highest BCUT2D eigenvalue weighted by Crippen LogP contribution is 2.60. The molecule has 2 nitrogen and oxygen atoms in total. The van der Waals surface area contributed by atoms with Gasteiger partial charge in [0.15, 0.2) is 0 Å². The lowest BCUT2D eigenvalue weighted by Crippen LogP contribution is -2.55. The molecule has 4 aliphatic carbocycles. The highest BCUT2D eigenvalue weighted by molar-refractivity contribution is 7.25. The Balaban J connectivity index is 1.43. The van der Waals surface area contributed by atoms with E-state index in [1.807, 2.05) is 6.07 Å². The summed E-state index contributed by atoms with van der Waals surface area (Å²) < 4.78 is 1.12. The van der Waals surface area contributed by atoms with E-state index in [4.69, 9.17) is 49.2 Å². The first kappa shape index (κ1) is 31.5. The monoisotopic (exact) mass is 640 g/mol. The third-order valence-corrected chi connectivity index (χ3v) is 12.9. The smallest absolute Gasteiger partial charge is 0.145 e. The van der Waals surface area contributed by atoms with Crippen LogP contribution in [0.2, 0.25) is 0 Å². The van der Waals surface area contributed by atoms with Gasteiger partial charge in [0.05, 0.1) is 11.1 Å². The summed E-state index contributed by atoms with van der Waals surface area (Å²) in [7, 11) is 32.9. The van der Waals surface area contributed by atoms with E-state index in [1.165, 1.54) is 57.3 Å². The summed E-state index contributed by atoms with van der Waals surface area (Å²) in [6, 6.07) is 18.5. The van der Waals surface area contributed by atoms with Crippen LogP contribution in [0.4, 0.5) is 0 Å². The van der Waals surface area contributed by atoms with Gasteiger partial charge in [0.1, 0.15) is 49.9 Å². The summed E-state index contributed by atoms with van der Waals surface area (Å²) in [6.07, 6.45) is 9.92. The quantitative estimate of drug-likeness (QED) is 0.261. The van der Waals surface area contributed by atoms with Crippen molar-refractivity contribution in [3.63, 3.8) is 0 Å². The second-order valence-electron chi connectivity index (χ2n) is 14.3. The number of thiophene rings is 1. The van der Waals surface area contributed by atoms with Gasteiger partial charge in [-0.1, -0.05) is 73.7 Å². The summed E-state index contributed by atoms with van der Waals surface area (Å²) in [4.78, 5) is 12.1. The zero-order valence-corrected chi connectivity index (χ0v) is 29.1. The summed E-state index contributed by atoms with van der Waals surface area (Å²) in [5.74, 6) is 1.16. The molecule has 4 aliphatic rings. The Morgan fingerprint density at radius 2 is 1.45 bits per heavy atom. The number of rotatable bonds is 5. The Morgan fingerprint density at radius 1 is 0.776 bits per heavy atom. The van der Waals surface area contributed by atoms with Crippen LogP contribution in [0.3, 0.4) is 0 Å². The lowest BCUT2D eigenvalue weighted by Gasteiger charge is -2.49. The zero-order chi connectivity index (χ0) is 33.8. The van der Waals surface area contributed by atoms with Gasteiger partial charge < -0.3 is 0 Å². The van der Waals surface area contributed by atoms with E-state index in [0.717, 1.165) is 71.1 Å². The van der Waals surface area contributed by atoms with Crippen LogP contribution in [0.15, 0.2) is 48.5 Å². The van der Waals surface area contributed by atoms with Crippen molar-refractivity contribution in [3.8, 4) is 11.3 Å². The van der Waals surface area contributed by atoms with Gasteiger partial charge in [0.2, 0.25) is 0 Å². The minimum Gasteiger partial charge on any atom is -0.231 e. The number of aromatic nitrogens is 2. The van der Waals surface area contributed by atoms with Crippen LogP contribution in [0.25, 0.3) is 31.6 Å². The SMILES string of the molecule is [B]c1c([B])c([B])c(-c2nc(C34CCC(c5cc(CCC)c(CC)cc53)c3cc5c(cc34)CCCC5)nc3sc4ccccc4c23)c([B])c1[B]. The van der Waals surface area contributed by atoms with E-state index in [9.17, 15) is 0 Å². The molecule has 10 rings (SSSR count). The average Bonchev–Trinajstić information content (AvgIpc) is 3.51. The number of nitrogens with zero attached hydrogens (tertiary/aromatic N) is 2. The molecule has 6 aromatic rings. The molecule has 10 radical (unpaired) electrons. The van der Waals surface area contributed by atoms with Crippen molar-refractivity contribution in [1.82, 2.24) is 9.97 Å². The van der Waals surface area contributed by atoms with Crippen LogP contribution in [0, 0.1) is 0 Å². The van der Waals surface area contributed by atoms with Crippen LogP contribution >= 0.6 is 11.3 Å². The number of aryl methyl sites for hydroxylation is 4. The maximum absolute atomic E-state index is 6.81. The molecule has 2 aromatic heterocycles. The van der Waals surface area contributed by atoms with Gasteiger partial charge >= 0.3 is 0 Å². The molecule has 2 unspecified atom stereocenters. The molecule has 0 aliphatic heterocycles. The minimum atomic E-state index is -0.534. The normalized spacial score (nSPS) is 19.3. The van der Waals surface area contributed by atoms with E-state index in [0.29, 0.717) is 28.1 Å². The number of fused-ring (bicyclic) bond motifs is 5. The van der Waals surface area contributed by atoms with Gasteiger partial charge in [-0.2, -0.15) is 0 Å². The topological polar surface area (TPSA) is 25.8 Å². The molecule has 0 spiro atoms. The number of hydrogen-bond donors (Lipinski definition) is 0. The molecule has 0 fully saturated rings. The highest BCUT2D eigenvalue weighted by Gasteiger charge is 2.52. The molecule has 2 heterocycles. The fourth-order valence-electron chi connectivity index (χ4n) is 9.37. The first-order chi connectivity index (χ1) is 23.8. The van der Waals surface area contributed by atoms with Crippen molar-refractivity contribution in [2.45, 2.75) is 83.0 Å². The van der Waals surface area contributed by atoms with Crippen LogP contribution < -0.4 is 27.3 Å². The molecule has 4 aromatic carbocycles. The van der Waals surface area contributed by atoms with Crippen LogP contribution in [-0.2, 0) is 31.1 Å².